The van der Waals surface area contributed by atoms with Crippen LogP contribution in [0.25, 0.3) is 11.4 Å². The zero-order chi connectivity index (χ0) is 19.3. The van der Waals surface area contributed by atoms with Crippen LogP contribution in [0, 0.1) is 0 Å². The van der Waals surface area contributed by atoms with Crippen molar-refractivity contribution >= 4 is 0 Å². The van der Waals surface area contributed by atoms with E-state index in [0.717, 1.165) is 17.7 Å². The van der Waals surface area contributed by atoms with Crippen LogP contribution in [0.3, 0.4) is 0 Å². The highest BCUT2D eigenvalue weighted by Gasteiger charge is 2.30. The molecular weight excluding hydrogens is 355 g/mol. The second kappa shape index (κ2) is 8.28. The molecule has 0 bridgehead atoms. The normalized spacial score (nSPS) is 12.7. The predicted octanol–water partition coefficient (Wildman–Crippen LogP) is 3.99. The van der Waals surface area contributed by atoms with Crippen molar-refractivity contribution in [3.8, 4) is 11.4 Å². The number of halogens is 3. The number of nitrogens with one attached hydrogen (secondary N) is 1. The topological polar surface area (TPSA) is 58.0 Å². The van der Waals surface area contributed by atoms with Crippen LogP contribution < -0.4 is 5.32 Å². The molecular formula is C20H18F3N3O. The molecule has 1 heterocycles. The minimum absolute atomic E-state index is 0.0686. The summed E-state index contributed by atoms with van der Waals surface area (Å²) in [6.45, 7) is 0.317. The van der Waals surface area contributed by atoms with Crippen molar-refractivity contribution in [3.63, 3.8) is 0 Å². The summed E-state index contributed by atoms with van der Waals surface area (Å²) < 4.78 is 38.0. The molecule has 7 heteroatoms. The Morgan fingerprint density at radius 2 is 1.67 bits per heavy atom. The Morgan fingerprint density at radius 3 is 2.30 bits per heavy atom. The molecule has 140 valence electrons. The third kappa shape index (κ3) is 4.90. The Balaban J connectivity index is 1.72. The van der Waals surface area contributed by atoms with Gasteiger partial charge in [0.1, 0.15) is 0 Å². The first-order chi connectivity index (χ1) is 13.0. The first kappa shape index (κ1) is 19.0. The molecule has 27 heavy (non-hydrogen) atoms. The number of aliphatic hydroxyl groups is 1. The lowest BCUT2D eigenvalue weighted by atomic mass is 10.1. The standard InChI is InChI=1S/C20H18F3N3O/c21-20(22,23)16-8-6-15(7-9-16)19-24-11-10-17(26-19)12-25-18(13-27)14-4-2-1-3-5-14/h1-11,18,25,27H,12-13H2/t18-/m0/s1. The number of rotatable bonds is 6. The minimum Gasteiger partial charge on any atom is -0.394 e. The van der Waals surface area contributed by atoms with Crippen LogP contribution in [0.4, 0.5) is 13.2 Å². The van der Waals surface area contributed by atoms with Gasteiger partial charge in [-0.3, -0.25) is 0 Å². The molecule has 3 aromatic rings. The molecule has 0 aliphatic rings. The highest BCUT2D eigenvalue weighted by molar-refractivity contribution is 5.55. The van der Waals surface area contributed by atoms with Gasteiger partial charge in [-0.15, -0.1) is 0 Å². The van der Waals surface area contributed by atoms with Crippen molar-refractivity contribution in [2.75, 3.05) is 6.61 Å². The van der Waals surface area contributed by atoms with Crippen LogP contribution in [-0.4, -0.2) is 21.7 Å². The van der Waals surface area contributed by atoms with Crippen LogP contribution >= 0.6 is 0 Å². The summed E-state index contributed by atoms with van der Waals surface area (Å²) in [5.41, 5.74) is 1.43. The molecule has 4 nitrogen and oxygen atoms in total. The number of benzene rings is 2. The number of aromatic nitrogens is 2. The minimum atomic E-state index is -4.37. The SMILES string of the molecule is OC[C@H](NCc1ccnc(-c2ccc(C(F)(F)F)cc2)n1)c1ccccc1. The molecule has 0 radical (unpaired) electrons. The monoisotopic (exact) mass is 373 g/mol. The summed E-state index contributed by atoms with van der Waals surface area (Å²) in [6.07, 6.45) is -2.81. The fraction of sp³-hybridized carbons (Fsp3) is 0.200. The maximum absolute atomic E-state index is 12.7. The van der Waals surface area contributed by atoms with Gasteiger partial charge in [-0.2, -0.15) is 13.2 Å². The molecule has 2 N–H and O–H groups in total. The van der Waals surface area contributed by atoms with E-state index in [0.29, 0.717) is 23.6 Å². The van der Waals surface area contributed by atoms with E-state index in [1.54, 1.807) is 12.3 Å². The van der Waals surface area contributed by atoms with Crippen molar-refractivity contribution in [2.24, 2.45) is 0 Å². The number of nitrogens with zero attached hydrogens (tertiary/aromatic N) is 2. The average Bonchev–Trinajstić information content (AvgIpc) is 2.69. The van der Waals surface area contributed by atoms with E-state index >= 15 is 0 Å². The van der Waals surface area contributed by atoms with E-state index < -0.39 is 11.7 Å². The van der Waals surface area contributed by atoms with E-state index in [1.165, 1.54) is 12.1 Å². The molecule has 0 saturated carbocycles. The molecule has 0 amide bonds. The lowest BCUT2D eigenvalue weighted by molar-refractivity contribution is -0.137. The molecule has 1 atom stereocenters. The first-order valence-corrected chi connectivity index (χ1v) is 8.36. The van der Waals surface area contributed by atoms with Crippen molar-refractivity contribution in [2.45, 2.75) is 18.8 Å². The molecule has 2 aromatic carbocycles. The van der Waals surface area contributed by atoms with E-state index in [4.69, 9.17) is 0 Å². The summed E-state index contributed by atoms with van der Waals surface area (Å²) in [4.78, 5) is 8.54. The van der Waals surface area contributed by atoms with Crippen LogP contribution in [0.5, 0.6) is 0 Å². The molecule has 0 aliphatic heterocycles. The van der Waals surface area contributed by atoms with Gasteiger partial charge in [0.15, 0.2) is 5.82 Å². The predicted molar refractivity (Wildman–Crippen MR) is 95.6 cm³/mol. The molecule has 0 unspecified atom stereocenters. The zero-order valence-corrected chi connectivity index (χ0v) is 14.3. The maximum atomic E-state index is 12.7. The molecule has 1 aromatic heterocycles. The molecule has 0 aliphatic carbocycles. The van der Waals surface area contributed by atoms with Gasteiger partial charge in [0, 0.05) is 18.3 Å². The van der Waals surface area contributed by atoms with Crippen LogP contribution in [0.2, 0.25) is 0 Å². The van der Waals surface area contributed by atoms with Crippen LogP contribution in [0.1, 0.15) is 22.9 Å². The fourth-order valence-electron chi connectivity index (χ4n) is 2.64. The van der Waals surface area contributed by atoms with Crippen molar-refractivity contribution < 1.29 is 18.3 Å². The van der Waals surface area contributed by atoms with Crippen molar-refractivity contribution in [1.29, 1.82) is 0 Å². The van der Waals surface area contributed by atoms with Crippen LogP contribution in [0.15, 0.2) is 66.9 Å². The molecule has 0 fully saturated rings. The molecule has 3 rings (SSSR count). The van der Waals surface area contributed by atoms with Gasteiger partial charge in [0.25, 0.3) is 0 Å². The first-order valence-electron chi connectivity index (χ1n) is 8.36. The summed E-state index contributed by atoms with van der Waals surface area (Å²) in [5.74, 6) is 0.350. The molecule has 0 spiro atoms. The van der Waals surface area contributed by atoms with Crippen molar-refractivity contribution in [3.05, 3.63) is 83.7 Å². The second-order valence-corrected chi connectivity index (χ2v) is 5.97. The summed E-state index contributed by atoms with van der Waals surface area (Å²) in [5, 5.41) is 12.8. The van der Waals surface area contributed by atoms with Gasteiger partial charge >= 0.3 is 6.18 Å². The lowest BCUT2D eigenvalue weighted by Crippen LogP contribution is -2.24. The van der Waals surface area contributed by atoms with Gasteiger partial charge in [0.2, 0.25) is 0 Å². The third-order valence-corrected chi connectivity index (χ3v) is 4.10. The number of aliphatic hydroxyl groups excluding tert-OH is 1. The van der Waals surface area contributed by atoms with Crippen molar-refractivity contribution in [1.82, 2.24) is 15.3 Å². The highest BCUT2D eigenvalue weighted by Crippen LogP contribution is 2.30. The van der Waals surface area contributed by atoms with E-state index in [1.807, 2.05) is 30.3 Å². The lowest BCUT2D eigenvalue weighted by Gasteiger charge is -2.16. The van der Waals surface area contributed by atoms with Gasteiger partial charge < -0.3 is 10.4 Å². The summed E-state index contributed by atoms with van der Waals surface area (Å²) in [6, 6.07) is 15.8. The largest absolute Gasteiger partial charge is 0.416 e. The Kier molecular flexibility index (Phi) is 5.83. The quantitative estimate of drug-likeness (QED) is 0.686. The maximum Gasteiger partial charge on any atom is 0.416 e. The smallest absolute Gasteiger partial charge is 0.394 e. The fourth-order valence-corrected chi connectivity index (χ4v) is 2.64. The second-order valence-electron chi connectivity index (χ2n) is 5.97. The van der Waals surface area contributed by atoms with Crippen LogP contribution in [-0.2, 0) is 12.7 Å². The summed E-state index contributed by atoms with van der Waals surface area (Å²) >= 11 is 0. The van der Waals surface area contributed by atoms with Gasteiger partial charge in [-0.25, -0.2) is 9.97 Å². The Hall–Kier alpha value is -2.77. The third-order valence-electron chi connectivity index (χ3n) is 4.10. The number of hydrogen-bond acceptors (Lipinski definition) is 4. The number of alkyl halides is 3. The molecule has 0 saturated heterocycles. The summed E-state index contributed by atoms with van der Waals surface area (Å²) in [7, 11) is 0. The number of hydrogen-bond donors (Lipinski definition) is 2. The Bertz CT molecular complexity index is 868. The van der Waals surface area contributed by atoms with E-state index in [-0.39, 0.29) is 12.6 Å². The van der Waals surface area contributed by atoms with E-state index in [9.17, 15) is 18.3 Å². The van der Waals surface area contributed by atoms with Gasteiger partial charge in [-0.1, -0.05) is 42.5 Å². The van der Waals surface area contributed by atoms with E-state index in [2.05, 4.69) is 15.3 Å². The van der Waals surface area contributed by atoms with Gasteiger partial charge in [0.05, 0.1) is 23.9 Å². The van der Waals surface area contributed by atoms with Gasteiger partial charge in [-0.05, 0) is 23.8 Å². The highest BCUT2D eigenvalue weighted by atomic mass is 19.4. The Labute approximate surface area is 154 Å². The average molecular weight is 373 g/mol. The Morgan fingerprint density at radius 1 is 0.963 bits per heavy atom. The zero-order valence-electron chi connectivity index (χ0n) is 14.3.